The Morgan fingerprint density at radius 3 is 2.40 bits per heavy atom. The highest BCUT2D eigenvalue weighted by molar-refractivity contribution is 5.18. The fraction of sp³-hybridized carbons (Fsp3) is 0.286. The van der Waals surface area contributed by atoms with Crippen molar-refractivity contribution in [2.24, 2.45) is 0 Å². The molecule has 1 aromatic rings. The summed E-state index contributed by atoms with van der Waals surface area (Å²) in [5.74, 6) is -1.15. The van der Waals surface area contributed by atoms with Crippen molar-refractivity contribution in [3.8, 4) is 0 Å². The van der Waals surface area contributed by atoms with Gasteiger partial charge in [0.15, 0.2) is 0 Å². The van der Waals surface area contributed by atoms with E-state index in [1.54, 1.807) is 0 Å². The number of halogens is 2. The molecule has 0 aliphatic rings. The van der Waals surface area contributed by atoms with Crippen LogP contribution in [0.15, 0.2) is 6.20 Å². The van der Waals surface area contributed by atoms with E-state index in [4.69, 9.17) is 0 Å². The number of hydrogen-bond donors (Lipinski definition) is 0. The average Bonchev–Trinajstić information content (AvgIpc) is 1.93. The van der Waals surface area contributed by atoms with Crippen molar-refractivity contribution < 1.29 is 8.78 Å². The molecule has 0 bridgehead atoms. The molecule has 0 saturated carbocycles. The smallest absolute Gasteiger partial charge is 0.150 e. The Balaban J connectivity index is 3.34. The Kier molecular flexibility index (Phi) is 1.66. The van der Waals surface area contributed by atoms with E-state index in [1.807, 2.05) is 0 Å². The van der Waals surface area contributed by atoms with Gasteiger partial charge in [0.2, 0.25) is 0 Å². The molecule has 1 rings (SSSR count). The lowest BCUT2D eigenvalue weighted by Crippen LogP contribution is -1.94. The molecule has 0 amide bonds. The van der Waals surface area contributed by atoms with Gasteiger partial charge in [-0.15, -0.1) is 0 Å². The van der Waals surface area contributed by atoms with E-state index in [0.29, 0.717) is 0 Å². The first-order valence-corrected chi connectivity index (χ1v) is 2.90. The Bertz CT molecular complexity index is 231. The van der Waals surface area contributed by atoms with Gasteiger partial charge in [-0.3, -0.25) is 4.98 Å². The average molecular weight is 143 g/mol. The fourth-order valence-electron chi connectivity index (χ4n) is 0.683. The standard InChI is InChI=1S/C7H7F2N/c1-4-6(8)3-10-5(2)7(4)9/h3H,1-2H3. The summed E-state index contributed by atoms with van der Waals surface area (Å²) in [6.07, 6.45) is 1.02. The molecule has 0 aromatic carbocycles. The van der Waals surface area contributed by atoms with Gasteiger partial charge in [0.25, 0.3) is 0 Å². The van der Waals surface area contributed by atoms with Crippen LogP contribution in [0.3, 0.4) is 0 Å². The van der Waals surface area contributed by atoms with Crippen molar-refractivity contribution in [2.45, 2.75) is 13.8 Å². The molecule has 0 aliphatic heterocycles. The Hall–Kier alpha value is -0.990. The zero-order chi connectivity index (χ0) is 7.72. The van der Waals surface area contributed by atoms with Gasteiger partial charge in [-0.05, 0) is 13.8 Å². The van der Waals surface area contributed by atoms with Crippen molar-refractivity contribution in [1.82, 2.24) is 4.98 Å². The molecular formula is C7H7F2N. The van der Waals surface area contributed by atoms with E-state index >= 15 is 0 Å². The second-order valence-corrected chi connectivity index (χ2v) is 2.13. The number of aryl methyl sites for hydroxylation is 1. The molecule has 0 N–H and O–H groups in total. The van der Waals surface area contributed by atoms with Crippen LogP contribution >= 0.6 is 0 Å². The quantitative estimate of drug-likeness (QED) is 0.541. The zero-order valence-electron chi connectivity index (χ0n) is 5.78. The maximum Gasteiger partial charge on any atom is 0.150 e. The van der Waals surface area contributed by atoms with Crippen LogP contribution in [0, 0.1) is 25.5 Å². The van der Waals surface area contributed by atoms with Gasteiger partial charge in [-0.2, -0.15) is 0 Å². The van der Waals surface area contributed by atoms with Crippen molar-refractivity contribution in [3.63, 3.8) is 0 Å². The second-order valence-electron chi connectivity index (χ2n) is 2.13. The molecule has 0 radical (unpaired) electrons. The normalized spacial score (nSPS) is 10.0. The predicted octanol–water partition coefficient (Wildman–Crippen LogP) is 1.98. The van der Waals surface area contributed by atoms with Gasteiger partial charge in [0, 0.05) is 5.56 Å². The fourth-order valence-corrected chi connectivity index (χ4v) is 0.683. The van der Waals surface area contributed by atoms with Crippen LogP contribution in [0.4, 0.5) is 8.78 Å². The second kappa shape index (κ2) is 2.33. The van der Waals surface area contributed by atoms with Crippen LogP contribution < -0.4 is 0 Å². The third-order valence-corrected chi connectivity index (χ3v) is 1.38. The lowest BCUT2D eigenvalue weighted by atomic mass is 10.2. The maximum absolute atomic E-state index is 12.7. The summed E-state index contributed by atoms with van der Waals surface area (Å²) in [5.41, 5.74) is 0.270. The number of rotatable bonds is 0. The summed E-state index contributed by atoms with van der Waals surface area (Å²) in [5, 5.41) is 0. The van der Waals surface area contributed by atoms with Crippen molar-refractivity contribution in [1.29, 1.82) is 0 Å². The molecule has 0 unspecified atom stereocenters. The summed E-state index contributed by atoms with van der Waals surface area (Å²) >= 11 is 0. The first kappa shape index (κ1) is 7.12. The highest BCUT2D eigenvalue weighted by Crippen LogP contribution is 2.11. The van der Waals surface area contributed by atoms with Gasteiger partial charge in [-0.1, -0.05) is 0 Å². The van der Waals surface area contributed by atoms with Crippen LogP contribution in [0.1, 0.15) is 11.3 Å². The Labute approximate surface area is 57.7 Å². The van der Waals surface area contributed by atoms with E-state index in [1.165, 1.54) is 13.8 Å². The molecule has 0 atom stereocenters. The van der Waals surface area contributed by atoms with Gasteiger partial charge >= 0.3 is 0 Å². The van der Waals surface area contributed by atoms with Gasteiger partial charge in [0.05, 0.1) is 11.9 Å². The predicted molar refractivity (Wildman–Crippen MR) is 33.6 cm³/mol. The first-order chi connectivity index (χ1) is 4.63. The van der Waals surface area contributed by atoms with Crippen LogP contribution in [0.5, 0.6) is 0 Å². The number of pyridine rings is 1. The van der Waals surface area contributed by atoms with Crippen LogP contribution in [-0.2, 0) is 0 Å². The molecule has 3 heteroatoms. The number of nitrogens with zero attached hydrogens (tertiary/aromatic N) is 1. The van der Waals surface area contributed by atoms with Gasteiger partial charge in [0.1, 0.15) is 11.6 Å². The molecule has 0 saturated heterocycles. The highest BCUT2D eigenvalue weighted by atomic mass is 19.1. The third-order valence-electron chi connectivity index (χ3n) is 1.38. The highest BCUT2D eigenvalue weighted by Gasteiger charge is 2.06. The first-order valence-electron chi connectivity index (χ1n) is 2.90. The molecule has 1 nitrogen and oxygen atoms in total. The van der Waals surface area contributed by atoms with Crippen molar-refractivity contribution in [3.05, 3.63) is 29.1 Å². The maximum atomic E-state index is 12.7. The minimum atomic E-state index is -0.594. The summed E-state index contributed by atoms with van der Waals surface area (Å²) in [4.78, 5) is 3.49. The van der Waals surface area contributed by atoms with E-state index in [9.17, 15) is 8.78 Å². The molecule has 1 heterocycles. The van der Waals surface area contributed by atoms with E-state index in [2.05, 4.69) is 4.98 Å². The monoisotopic (exact) mass is 143 g/mol. The topological polar surface area (TPSA) is 12.9 Å². The van der Waals surface area contributed by atoms with Crippen molar-refractivity contribution >= 4 is 0 Å². The lowest BCUT2D eigenvalue weighted by Gasteiger charge is -1.98. The minimum absolute atomic E-state index is 0.0347. The summed E-state index contributed by atoms with van der Waals surface area (Å²) in [6.45, 7) is 2.89. The van der Waals surface area contributed by atoms with Crippen LogP contribution in [0.25, 0.3) is 0 Å². The molecule has 0 spiro atoms. The summed E-state index contributed by atoms with van der Waals surface area (Å²) in [7, 11) is 0. The van der Waals surface area contributed by atoms with Crippen LogP contribution in [0.2, 0.25) is 0 Å². The number of hydrogen-bond acceptors (Lipinski definition) is 1. The van der Waals surface area contributed by atoms with Crippen LogP contribution in [-0.4, -0.2) is 4.98 Å². The number of aromatic nitrogens is 1. The van der Waals surface area contributed by atoms with E-state index in [0.717, 1.165) is 6.20 Å². The molecule has 1 aromatic heterocycles. The minimum Gasteiger partial charge on any atom is -0.255 e. The third kappa shape index (κ3) is 0.988. The van der Waals surface area contributed by atoms with E-state index in [-0.39, 0.29) is 11.3 Å². The van der Waals surface area contributed by atoms with Gasteiger partial charge < -0.3 is 0 Å². The SMILES string of the molecule is Cc1ncc(F)c(C)c1F. The Morgan fingerprint density at radius 1 is 1.30 bits per heavy atom. The lowest BCUT2D eigenvalue weighted by molar-refractivity contribution is 0.550. The largest absolute Gasteiger partial charge is 0.255 e. The van der Waals surface area contributed by atoms with Crippen molar-refractivity contribution in [2.75, 3.05) is 0 Å². The summed E-state index contributed by atoms with van der Waals surface area (Å²) < 4.78 is 25.1. The Morgan fingerprint density at radius 2 is 1.90 bits per heavy atom. The summed E-state index contributed by atoms with van der Waals surface area (Å²) in [6, 6.07) is 0. The molecule has 0 fully saturated rings. The molecule has 10 heavy (non-hydrogen) atoms. The van der Waals surface area contributed by atoms with Gasteiger partial charge in [-0.25, -0.2) is 8.78 Å². The molecule has 54 valence electrons. The van der Waals surface area contributed by atoms with E-state index < -0.39 is 11.6 Å². The molecular weight excluding hydrogens is 136 g/mol. The zero-order valence-corrected chi connectivity index (χ0v) is 5.78. The molecule has 0 aliphatic carbocycles.